The molecule has 43 heavy (non-hydrogen) atoms. The van der Waals surface area contributed by atoms with Gasteiger partial charge in [0.05, 0.1) is 5.76 Å². The number of fused-ring (bicyclic) bond motifs is 3. The number of nitrogens with zero attached hydrogens (tertiary/aromatic N) is 2. The van der Waals surface area contributed by atoms with Crippen molar-refractivity contribution in [2.75, 3.05) is 0 Å². The summed E-state index contributed by atoms with van der Waals surface area (Å²) in [6, 6.07) is 9.40. The number of aliphatic hydroxyl groups is 1. The molecule has 0 fully saturated rings. The van der Waals surface area contributed by atoms with E-state index in [0.717, 1.165) is 25.7 Å². The molecule has 5 aromatic rings. The topological polar surface area (TPSA) is 63.1 Å². The number of hydrogen-bond acceptors (Lipinski definition) is 4. The van der Waals surface area contributed by atoms with Gasteiger partial charge in [-0.05, 0) is 25.7 Å². The molecular formula is C34H34F3IrN2O2Te-. The van der Waals surface area contributed by atoms with Crippen LogP contribution in [0, 0.1) is 17.9 Å². The molecule has 0 unspecified atom stereocenters. The Morgan fingerprint density at radius 1 is 1.02 bits per heavy atom. The summed E-state index contributed by atoms with van der Waals surface area (Å²) in [4.78, 5) is 19.6. The number of hydrogen-bond donors (Lipinski definition) is 1. The summed E-state index contributed by atoms with van der Waals surface area (Å²) in [6.45, 7) is 8.07. The second-order valence-corrected chi connectivity index (χ2v) is 12.7. The van der Waals surface area contributed by atoms with Gasteiger partial charge in [0.15, 0.2) is 5.78 Å². The fourth-order valence-corrected chi connectivity index (χ4v) is 7.49. The largest absolute Gasteiger partial charge is 0 e. The van der Waals surface area contributed by atoms with Gasteiger partial charge in [0.2, 0.25) is 0 Å². The number of halogens is 3. The first kappa shape index (κ1) is 27.9. The van der Waals surface area contributed by atoms with Crippen molar-refractivity contribution in [3.05, 3.63) is 84.3 Å². The van der Waals surface area contributed by atoms with Crippen molar-refractivity contribution < 1.29 is 50.0 Å². The second-order valence-electron chi connectivity index (χ2n) is 9.80. The molecule has 0 bridgehead atoms. The van der Waals surface area contributed by atoms with Crippen LogP contribution in [0.5, 0.6) is 0 Å². The van der Waals surface area contributed by atoms with Crippen LogP contribution in [0.25, 0.3) is 39.7 Å². The number of benzene rings is 3. The van der Waals surface area contributed by atoms with Crippen LogP contribution in [0.3, 0.4) is 0 Å². The van der Waals surface area contributed by atoms with E-state index in [9.17, 15) is 23.1 Å². The van der Waals surface area contributed by atoms with Gasteiger partial charge in [-0.25, -0.2) is 0 Å². The zero-order valence-electron chi connectivity index (χ0n) is 29.1. The first-order chi connectivity index (χ1) is 22.2. The maximum absolute atomic E-state index is 14.1. The van der Waals surface area contributed by atoms with Gasteiger partial charge in [-0.15, -0.1) is 0 Å². The normalized spacial score (nSPS) is 13.7. The molecule has 3 aromatic carbocycles. The molecule has 5 rings (SSSR count). The molecule has 0 spiro atoms. The van der Waals surface area contributed by atoms with Crippen LogP contribution in [-0.2, 0) is 31.1 Å². The molecule has 0 aliphatic carbocycles. The fraction of sp³-hybridized carbons (Fsp3) is 0.324. The number of rotatable bonds is 8. The van der Waals surface area contributed by atoms with Crippen molar-refractivity contribution in [2.24, 2.45) is 11.8 Å². The Bertz CT molecular complexity index is 1950. The summed E-state index contributed by atoms with van der Waals surface area (Å²) in [6.07, 6.45) is -0.387. The standard InChI is InChI=1S/C21H10F3N2Te.C13H24O2.Ir/c22-21(23,24)18-14-7-3-1-5-12(14)9-15-19(25-11-26-20(15)18)17-10-13-6-2-4-8-16(13)27-17;1-5-10(6-2)12(14)9-13(15)11(7-3)8-4;/h1-9,11H;9-11,14H,5-8H2,1-4H3;/q-1;;/b;12-9-;/i2D,4D,6D,8D,11D;;. The molecule has 9 heteroatoms. The molecule has 4 nitrogen and oxygen atoms in total. The van der Waals surface area contributed by atoms with Gasteiger partial charge in [0.25, 0.3) is 0 Å². The third kappa shape index (κ3) is 7.94. The van der Waals surface area contributed by atoms with Crippen molar-refractivity contribution in [3.8, 4) is 9.27 Å². The average molecular weight is 884 g/mol. The molecule has 0 aliphatic heterocycles. The Kier molecular flexibility index (Phi) is 10.0. The van der Waals surface area contributed by atoms with E-state index in [1.54, 1.807) is 18.2 Å². The van der Waals surface area contributed by atoms with E-state index in [4.69, 9.17) is 6.85 Å². The zero-order valence-corrected chi connectivity index (χ0v) is 28.8. The van der Waals surface area contributed by atoms with E-state index in [2.05, 4.69) is 16.0 Å². The van der Waals surface area contributed by atoms with Gasteiger partial charge >= 0.3 is 169 Å². The summed E-state index contributed by atoms with van der Waals surface area (Å²) in [7, 11) is 0. The van der Waals surface area contributed by atoms with Crippen molar-refractivity contribution >= 4 is 56.7 Å². The molecule has 0 amide bonds. The average Bonchev–Trinajstić information content (AvgIpc) is 3.48. The van der Waals surface area contributed by atoms with E-state index in [1.807, 2.05) is 27.7 Å². The molecule has 1 N–H and O–H groups in total. The minimum atomic E-state index is -4.71. The maximum Gasteiger partial charge on any atom is 0 e. The van der Waals surface area contributed by atoms with Crippen molar-refractivity contribution in [1.82, 2.24) is 9.97 Å². The minimum absolute atomic E-state index is 0. The van der Waals surface area contributed by atoms with Crippen LogP contribution < -0.4 is 0 Å². The Hall–Kier alpha value is -2.56. The SMILES string of the molecule is CCC(CC)C(=O)/C=C(\O)C(CC)CC.[2H]c1nc(-c2[c-]c3c([2H])c([2H])c([2H])c([2H])c3[te]2)c2cc3ccccc3c(C(F)(F)F)c2n1.[Ir]. The molecule has 0 saturated heterocycles. The van der Waals surface area contributed by atoms with E-state index < -0.39 is 44.5 Å². The summed E-state index contributed by atoms with van der Waals surface area (Å²) in [5, 5.41) is 10.4. The molecule has 2 heterocycles. The molecular weight excluding hydrogens is 845 g/mol. The summed E-state index contributed by atoms with van der Waals surface area (Å²) >= 11 is -1.44. The monoisotopic (exact) mass is 887 g/mol. The third-order valence-electron chi connectivity index (χ3n) is 7.28. The van der Waals surface area contributed by atoms with Crippen LogP contribution in [0.2, 0.25) is 0 Å². The first-order valence-electron chi connectivity index (χ1n) is 16.3. The van der Waals surface area contributed by atoms with Gasteiger partial charge < -0.3 is 5.11 Å². The summed E-state index contributed by atoms with van der Waals surface area (Å²) < 4.78 is 83.1. The molecule has 1 radical (unpaired) electrons. The van der Waals surface area contributed by atoms with Gasteiger partial charge in [0, 0.05) is 38.0 Å². The van der Waals surface area contributed by atoms with Crippen LogP contribution in [0.1, 0.15) is 65.8 Å². The quantitative estimate of drug-likeness (QED) is 0.0555. The van der Waals surface area contributed by atoms with E-state index in [-0.39, 0.29) is 89.0 Å². The summed E-state index contributed by atoms with van der Waals surface area (Å²) in [5.74, 6) is 0.547. The number of aromatic nitrogens is 2. The van der Waals surface area contributed by atoms with Crippen LogP contribution in [-0.4, -0.2) is 41.3 Å². The van der Waals surface area contributed by atoms with Crippen LogP contribution >= 0.6 is 0 Å². The Balaban J connectivity index is 0.000000334. The number of alkyl halides is 3. The summed E-state index contributed by atoms with van der Waals surface area (Å²) in [5.41, 5.74) is -1.21. The Labute approximate surface area is 280 Å². The van der Waals surface area contributed by atoms with Gasteiger partial charge in [-0.2, -0.15) is 0 Å². The van der Waals surface area contributed by atoms with Gasteiger partial charge in [0.1, 0.15) is 0 Å². The van der Waals surface area contributed by atoms with Crippen molar-refractivity contribution in [1.29, 1.82) is 0 Å². The number of carbonyl (C=O) groups excluding carboxylic acids is 1. The van der Waals surface area contributed by atoms with Gasteiger partial charge in [-0.1, -0.05) is 27.7 Å². The van der Waals surface area contributed by atoms with E-state index in [0.29, 0.717) is 12.4 Å². The number of carbonyl (C=O) groups is 1. The van der Waals surface area contributed by atoms with E-state index >= 15 is 0 Å². The number of aliphatic hydroxyl groups excluding tert-OH is 1. The van der Waals surface area contributed by atoms with Crippen LogP contribution in [0.4, 0.5) is 13.2 Å². The predicted molar refractivity (Wildman–Crippen MR) is 165 cm³/mol. The Morgan fingerprint density at radius 2 is 1.67 bits per heavy atom. The molecule has 2 aromatic heterocycles. The fourth-order valence-electron chi connectivity index (χ4n) is 4.87. The number of ketones is 1. The predicted octanol–water partition coefficient (Wildman–Crippen LogP) is 9.35. The first-order valence-corrected chi connectivity index (χ1v) is 16.1. The maximum atomic E-state index is 14.1. The zero-order chi connectivity index (χ0) is 34.8. The van der Waals surface area contributed by atoms with Crippen molar-refractivity contribution in [2.45, 2.75) is 59.6 Å². The van der Waals surface area contributed by atoms with Crippen molar-refractivity contribution in [3.63, 3.8) is 0 Å². The molecule has 0 aliphatic rings. The molecule has 0 atom stereocenters. The molecule has 229 valence electrons. The van der Waals surface area contributed by atoms with E-state index in [1.165, 1.54) is 18.2 Å². The smallest absolute Gasteiger partial charge is 0 e. The Morgan fingerprint density at radius 3 is 2.33 bits per heavy atom. The van der Waals surface area contributed by atoms with Gasteiger partial charge in [-0.3, -0.25) is 4.79 Å². The number of allylic oxidation sites excluding steroid dienone is 2. The minimum Gasteiger partial charge on any atom is 0 e. The second kappa shape index (κ2) is 15.4. The molecule has 0 saturated carbocycles. The third-order valence-corrected chi connectivity index (χ3v) is 10.2. The van der Waals surface area contributed by atoms with Crippen LogP contribution in [0.15, 0.2) is 72.6 Å².